The Balaban J connectivity index is 1.95. The van der Waals surface area contributed by atoms with Crippen LogP contribution in [0.2, 0.25) is 0 Å². The van der Waals surface area contributed by atoms with Crippen LogP contribution in [-0.4, -0.2) is 9.55 Å². The number of aromatic nitrogens is 2. The van der Waals surface area contributed by atoms with E-state index in [4.69, 9.17) is 0 Å². The van der Waals surface area contributed by atoms with Crippen molar-refractivity contribution < 1.29 is 0 Å². The Labute approximate surface area is 183 Å². The SMILES string of the molecule is CCCCCCCCCCCCCCCCC(CCCCCCC)n1ccnc1. The molecule has 0 saturated carbocycles. The van der Waals surface area contributed by atoms with Crippen molar-refractivity contribution in [2.24, 2.45) is 0 Å². The van der Waals surface area contributed by atoms with Gasteiger partial charge in [-0.25, -0.2) is 4.98 Å². The Kier molecular flexibility index (Phi) is 18.5. The van der Waals surface area contributed by atoms with E-state index >= 15 is 0 Å². The zero-order chi connectivity index (χ0) is 20.8. The van der Waals surface area contributed by atoms with E-state index in [1.165, 1.54) is 135 Å². The summed E-state index contributed by atoms with van der Waals surface area (Å²) in [7, 11) is 0. The quantitative estimate of drug-likeness (QED) is 0.176. The highest BCUT2D eigenvalue weighted by molar-refractivity contribution is 4.80. The topological polar surface area (TPSA) is 17.8 Å². The molecule has 0 spiro atoms. The van der Waals surface area contributed by atoms with E-state index in [1.807, 2.05) is 12.5 Å². The largest absolute Gasteiger partial charge is 0.334 e. The van der Waals surface area contributed by atoms with E-state index in [1.54, 1.807) is 0 Å². The van der Waals surface area contributed by atoms with Gasteiger partial charge in [-0.05, 0) is 12.8 Å². The lowest BCUT2D eigenvalue weighted by Gasteiger charge is -2.18. The second-order valence-electron chi connectivity index (χ2n) is 9.25. The third-order valence-electron chi connectivity index (χ3n) is 6.48. The van der Waals surface area contributed by atoms with Gasteiger partial charge in [0.25, 0.3) is 0 Å². The van der Waals surface area contributed by atoms with Crippen molar-refractivity contribution in [3.63, 3.8) is 0 Å². The fourth-order valence-corrected chi connectivity index (χ4v) is 4.49. The molecule has 1 aromatic rings. The second-order valence-corrected chi connectivity index (χ2v) is 9.25. The molecule has 1 heterocycles. The van der Waals surface area contributed by atoms with Gasteiger partial charge in [-0.2, -0.15) is 0 Å². The van der Waals surface area contributed by atoms with E-state index in [0.29, 0.717) is 6.04 Å². The number of hydrogen-bond donors (Lipinski definition) is 0. The van der Waals surface area contributed by atoms with Crippen molar-refractivity contribution in [2.75, 3.05) is 0 Å². The van der Waals surface area contributed by atoms with Crippen LogP contribution in [0.3, 0.4) is 0 Å². The smallest absolute Gasteiger partial charge is 0.0948 e. The van der Waals surface area contributed by atoms with Crippen molar-refractivity contribution in [1.29, 1.82) is 0 Å². The normalized spacial score (nSPS) is 12.5. The maximum absolute atomic E-state index is 4.28. The molecule has 1 unspecified atom stereocenters. The van der Waals surface area contributed by atoms with Gasteiger partial charge in [0, 0.05) is 18.4 Å². The van der Waals surface area contributed by atoms with E-state index in [2.05, 4.69) is 29.6 Å². The van der Waals surface area contributed by atoms with Crippen LogP contribution in [0, 0.1) is 0 Å². The summed E-state index contributed by atoms with van der Waals surface area (Å²) >= 11 is 0. The number of imidazole rings is 1. The van der Waals surface area contributed by atoms with Gasteiger partial charge >= 0.3 is 0 Å². The summed E-state index contributed by atoms with van der Waals surface area (Å²) in [5.74, 6) is 0. The van der Waals surface area contributed by atoms with Crippen molar-refractivity contribution in [1.82, 2.24) is 9.55 Å². The molecule has 170 valence electrons. The van der Waals surface area contributed by atoms with Crippen LogP contribution in [0.1, 0.15) is 155 Å². The van der Waals surface area contributed by atoms with Crippen LogP contribution in [-0.2, 0) is 0 Å². The van der Waals surface area contributed by atoms with Gasteiger partial charge in [0.2, 0.25) is 0 Å². The van der Waals surface area contributed by atoms with E-state index < -0.39 is 0 Å². The van der Waals surface area contributed by atoms with Gasteiger partial charge in [-0.15, -0.1) is 0 Å². The zero-order valence-electron chi connectivity index (χ0n) is 20.1. The third-order valence-corrected chi connectivity index (χ3v) is 6.48. The summed E-state index contributed by atoms with van der Waals surface area (Å²) in [6.07, 6.45) is 35.9. The molecule has 1 aromatic heterocycles. The Morgan fingerprint density at radius 2 is 0.931 bits per heavy atom. The molecular weight excluding hydrogens is 352 g/mol. The molecule has 2 heteroatoms. The molecule has 1 rings (SSSR count). The first-order valence-electron chi connectivity index (χ1n) is 13.4. The van der Waals surface area contributed by atoms with Gasteiger partial charge in [0.15, 0.2) is 0 Å². The van der Waals surface area contributed by atoms with Crippen molar-refractivity contribution >= 4 is 0 Å². The molecule has 0 amide bonds. The minimum absolute atomic E-state index is 0.677. The number of unbranched alkanes of at least 4 members (excludes halogenated alkanes) is 17. The lowest BCUT2D eigenvalue weighted by Crippen LogP contribution is -2.07. The Hall–Kier alpha value is -0.790. The van der Waals surface area contributed by atoms with Gasteiger partial charge in [0.1, 0.15) is 0 Å². The van der Waals surface area contributed by atoms with E-state index in [0.717, 1.165) is 0 Å². The monoisotopic (exact) mass is 404 g/mol. The minimum atomic E-state index is 0.677. The molecule has 0 aromatic carbocycles. The zero-order valence-corrected chi connectivity index (χ0v) is 20.1. The van der Waals surface area contributed by atoms with Crippen LogP contribution >= 0.6 is 0 Å². The second kappa shape index (κ2) is 20.5. The maximum atomic E-state index is 4.28. The summed E-state index contributed by atoms with van der Waals surface area (Å²) < 4.78 is 2.36. The summed E-state index contributed by atoms with van der Waals surface area (Å²) in [6.45, 7) is 4.59. The summed E-state index contributed by atoms with van der Waals surface area (Å²) in [5, 5.41) is 0. The van der Waals surface area contributed by atoms with Crippen LogP contribution in [0.25, 0.3) is 0 Å². The lowest BCUT2D eigenvalue weighted by molar-refractivity contribution is 0.394. The summed E-state index contributed by atoms with van der Waals surface area (Å²) in [6, 6.07) is 0.677. The maximum Gasteiger partial charge on any atom is 0.0948 e. The average Bonchev–Trinajstić information content (AvgIpc) is 3.27. The Bertz CT molecular complexity index is 412. The highest BCUT2D eigenvalue weighted by Gasteiger charge is 2.09. The Morgan fingerprint density at radius 1 is 0.552 bits per heavy atom. The number of rotatable bonds is 22. The lowest BCUT2D eigenvalue weighted by atomic mass is 9.99. The molecule has 0 aliphatic heterocycles. The van der Waals surface area contributed by atoms with Gasteiger partial charge < -0.3 is 4.57 Å². The molecule has 0 aliphatic rings. The molecule has 0 saturated heterocycles. The standard InChI is InChI=1S/C27H52N2/c1-3-5-7-9-10-11-12-13-14-15-16-17-19-21-23-27(29-25-24-28-26-29)22-20-18-8-6-4-2/h24-27H,3-23H2,1-2H3. The molecule has 0 radical (unpaired) electrons. The van der Waals surface area contributed by atoms with Gasteiger partial charge in [0.05, 0.1) is 6.33 Å². The first-order valence-corrected chi connectivity index (χ1v) is 13.4. The fourth-order valence-electron chi connectivity index (χ4n) is 4.49. The molecule has 1 atom stereocenters. The van der Waals surface area contributed by atoms with Crippen LogP contribution in [0.4, 0.5) is 0 Å². The number of nitrogens with zero attached hydrogens (tertiary/aromatic N) is 2. The molecule has 0 aliphatic carbocycles. The average molecular weight is 405 g/mol. The highest BCUT2D eigenvalue weighted by Crippen LogP contribution is 2.23. The van der Waals surface area contributed by atoms with Crippen LogP contribution < -0.4 is 0 Å². The first kappa shape index (κ1) is 26.2. The van der Waals surface area contributed by atoms with E-state index in [9.17, 15) is 0 Å². The highest BCUT2D eigenvalue weighted by atomic mass is 15.0. The molecule has 2 nitrogen and oxygen atoms in total. The predicted octanol–water partition coefficient (Wildman–Crippen LogP) is 9.66. The first-order chi connectivity index (χ1) is 14.4. The minimum Gasteiger partial charge on any atom is -0.334 e. The van der Waals surface area contributed by atoms with Crippen molar-refractivity contribution in [3.05, 3.63) is 18.7 Å². The van der Waals surface area contributed by atoms with Gasteiger partial charge in [-0.1, -0.05) is 136 Å². The molecular formula is C27H52N2. The molecule has 0 fully saturated rings. The summed E-state index contributed by atoms with van der Waals surface area (Å²) in [5.41, 5.74) is 0. The van der Waals surface area contributed by atoms with E-state index in [-0.39, 0.29) is 0 Å². The molecule has 0 bridgehead atoms. The van der Waals surface area contributed by atoms with Gasteiger partial charge in [-0.3, -0.25) is 0 Å². The van der Waals surface area contributed by atoms with Crippen LogP contribution in [0.15, 0.2) is 18.7 Å². The van der Waals surface area contributed by atoms with Crippen LogP contribution in [0.5, 0.6) is 0 Å². The summed E-state index contributed by atoms with van der Waals surface area (Å²) in [4.78, 5) is 4.28. The predicted molar refractivity (Wildman–Crippen MR) is 130 cm³/mol. The molecule has 29 heavy (non-hydrogen) atoms. The number of hydrogen-bond acceptors (Lipinski definition) is 1. The van der Waals surface area contributed by atoms with Crippen molar-refractivity contribution in [2.45, 2.75) is 155 Å². The third kappa shape index (κ3) is 15.7. The molecule has 0 N–H and O–H groups in total. The van der Waals surface area contributed by atoms with Crippen molar-refractivity contribution in [3.8, 4) is 0 Å². The fraction of sp³-hybridized carbons (Fsp3) is 0.889. The Morgan fingerprint density at radius 3 is 1.28 bits per heavy atom.